The van der Waals surface area contributed by atoms with Crippen LogP contribution in [0, 0.1) is 0 Å². The van der Waals surface area contributed by atoms with E-state index in [0.29, 0.717) is 31.3 Å². The van der Waals surface area contributed by atoms with Crippen molar-refractivity contribution in [2.75, 3.05) is 26.3 Å². The molecule has 0 saturated carbocycles. The minimum atomic E-state index is -0.124. The summed E-state index contributed by atoms with van der Waals surface area (Å²) in [6.07, 6.45) is 3.00. The third-order valence-electron chi connectivity index (χ3n) is 4.80. The second-order valence-corrected chi connectivity index (χ2v) is 6.03. The molecule has 0 aromatic rings. The standard InChI is InChI=1S/C14H24N2O3/c1-3-10(2)15-7-11-6-12(8-15)16(11)14(17)19-13-4-5-18-9-13/h10-13H,3-9H2,1-2H3. The van der Waals surface area contributed by atoms with Crippen molar-refractivity contribution in [3.8, 4) is 0 Å². The molecule has 0 radical (unpaired) electrons. The van der Waals surface area contributed by atoms with Crippen LogP contribution >= 0.6 is 0 Å². The van der Waals surface area contributed by atoms with Gasteiger partial charge >= 0.3 is 6.09 Å². The number of hydrogen-bond acceptors (Lipinski definition) is 4. The smallest absolute Gasteiger partial charge is 0.410 e. The number of nitrogens with zero attached hydrogens (tertiary/aromatic N) is 2. The fourth-order valence-electron chi connectivity index (χ4n) is 3.37. The molecule has 0 N–H and O–H groups in total. The zero-order chi connectivity index (χ0) is 13.4. The number of carbonyl (C=O) groups is 1. The Morgan fingerprint density at radius 2 is 2.16 bits per heavy atom. The van der Waals surface area contributed by atoms with Gasteiger partial charge in [-0.3, -0.25) is 9.80 Å². The number of fused-ring (bicyclic) bond motifs is 2. The maximum Gasteiger partial charge on any atom is 0.410 e. The zero-order valence-corrected chi connectivity index (χ0v) is 11.9. The number of amides is 1. The Balaban J connectivity index is 1.53. The summed E-state index contributed by atoms with van der Waals surface area (Å²) >= 11 is 0. The Kier molecular flexibility index (Phi) is 3.67. The van der Waals surface area contributed by atoms with Crippen molar-refractivity contribution >= 4 is 6.09 Å². The van der Waals surface area contributed by atoms with E-state index in [4.69, 9.17) is 9.47 Å². The molecule has 2 bridgehead atoms. The number of hydrogen-bond donors (Lipinski definition) is 0. The minimum absolute atomic E-state index is 0.0282. The number of rotatable bonds is 3. The van der Waals surface area contributed by atoms with Crippen molar-refractivity contribution in [1.29, 1.82) is 0 Å². The summed E-state index contributed by atoms with van der Waals surface area (Å²) in [7, 11) is 0. The van der Waals surface area contributed by atoms with E-state index in [2.05, 4.69) is 18.7 Å². The van der Waals surface area contributed by atoms with Gasteiger partial charge in [0.25, 0.3) is 0 Å². The lowest BCUT2D eigenvalue weighted by Crippen LogP contribution is -2.71. The lowest BCUT2D eigenvalue weighted by atomic mass is 9.87. The van der Waals surface area contributed by atoms with Crippen LogP contribution in [0.5, 0.6) is 0 Å². The molecule has 4 atom stereocenters. The van der Waals surface area contributed by atoms with Crippen LogP contribution in [0.25, 0.3) is 0 Å². The van der Waals surface area contributed by atoms with E-state index >= 15 is 0 Å². The highest BCUT2D eigenvalue weighted by molar-refractivity contribution is 5.70. The molecule has 0 spiro atoms. The quantitative estimate of drug-likeness (QED) is 0.777. The predicted molar refractivity (Wildman–Crippen MR) is 71.1 cm³/mol. The number of carbonyl (C=O) groups excluding carboxylic acids is 1. The first-order valence-electron chi connectivity index (χ1n) is 7.49. The van der Waals surface area contributed by atoms with E-state index in [1.807, 2.05) is 4.90 Å². The highest BCUT2D eigenvalue weighted by Crippen LogP contribution is 2.34. The lowest BCUT2D eigenvalue weighted by Gasteiger charge is -2.56. The molecule has 0 aromatic heterocycles. The second-order valence-electron chi connectivity index (χ2n) is 6.03. The van der Waals surface area contributed by atoms with E-state index in [1.165, 1.54) is 6.42 Å². The Morgan fingerprint density at radius 3 is 2.74 bits per heavy atom. The summed E-state index contributed by atoms with van der Waals surface area (Å²) in [4.78, 5) is 16.6. The van der Waals surface area contributed by atoms with Gasteiger partial charge in [0.2, 0.25) is 0 Å². The highest BCUT2D eigenvalue weighted by atomic mass is 16.6. The van der Waals surface area contributed by atoms with E-state index in [9.17, 15) is 4.79 Å². The van der Waals surface area contributed by atoms with Crippen molar-refractivity contribution < 1.29 is 14.3 Å². The SMILES string of the molecule is CCC(C)N1CC2CC(C1)N2C(=O)OC1CCOC1. The molecule has 4 aliphatic heterocycles. The molecule has 5 nitrogen and oxygen atoms in total. The van der Waals surface area contributed by atoms with Gasteiger partial charge in [0, 0.05) is 25.6 Å². The highest BCUT2D eigenvalue weighted by Gasteiger charge is 2.49. The minimum Gasteiger partial charge on any atom is -0.444 e. The van der Waals surface area contributed by atoms with Crippen molar-refractivity contribution in [3.05, 3.63) is 0 Å². The monoisotopic (exact) mass is 268 g/mol. The van der Waals surface area contributed by atoms with Crippen molar-refractivity contribution in [2.24, 2.45) is 0 Å². The molecule has 19 heavy (non-hydrogen) atoms. The third-order valence-corrected chi connectivity index (χ3v) is 4.80. The van der Waals surface area contributed by atoms with Gasteiger partial charge in [0.15, 0.2) is 0 Å². The molecule has 0 aromatic carbocycles. The molecular formula is C14H24N2O3. The normalized spacial score (nSPS) is 35.9. The number of piperidine rings is 1. The fourth-order valence-corrected chi connectivity index (χ4v) is 3.37. The molecular weight excluding hydrogens is 244 g/mol. The fraction of sp³-hybridized carbons (Fsp3) is 0.929. The summed E-state index contributed by atoms with van der Waals surface area (Å²) in [5.74, 6) is 0. The predicted octanol–water partition coefficient (Wildman–Crippen LogP) is 1.47. The van der Waals surface area contributed by atoms with Crippen LogP contribution in [0.2, 0.25) is 0 Å². The summed E-state index contributed by atoms with van der Waals surface area (Å²) < 4.78 is 10.8. The average Bonchev–Trinajstić information content (AvgIpc) is 2.90. The van der Waals surface area contributed by atoms with Crippen molar-refractivity contribution in [2.45, 2.75) is 57.3 Å². The lowest BCUT2D eigenvalue weighted by molar-refractivity contribution is -0.0764. The molecule has 4 rings (SSSR count). The molecule has 5 heteroatoms. The Labute approximate surface area is 114 Å². The van der Waals surface area contributed by atoms with E-state index < -0.39 is 0 Å². The maximum atomic E-state index is 12.2. The van der Waals surface area contributed by atoms with Gasteiger partial charge in [0.1, 0.15) is 6.10 Å². The van der Waals surface area contributed by atoms with Crippen LogP contribution in [0.15, 0.2) is 0 Å². The first-order chi connectivity index (χ1) is 9.19. The molecule has 4 heterocycles. The van der Waals surface area contributed by atoms with Crippen LogP contribution in [0.4, 0.5) is 4.79 Å². The van der Waals surface area contributed by atoms with Gasteiger partial charge in [-0.2, -0.15) is 0 Å². The van der Waals surface area contributed by atoms with Crippen LogP contribution in [0.3, 0.4) is 0 Å². The van der Waals surface area contributed by atoms with Gasteiger partial charge in [0.05, 0.1) is 25.3 Å². The third kappa shape index (κ3) is 2.46. The van der Waals surface area contributed by atoms with Gasteiger partial charge in [-0.25, -0.2) is 4.79 Å². The van der Waals surface area contributed by atoms with Gasteiger partial charge < -0.3 is 9.47 Å². The van der Waals surface area contributed by atoms with Crippen LogP contribution in [-0.2, 0) is 9.47 Å². The van der Waals surface area contributed by atoms with Gasteiger partial charge in [-0.15, -0.1) is 0 Å². The molecule has 4 aliphatic rings. The summed E-state index contributed by atoms with van der Waals surface area (Å²) in [6.45, 7) is 7.77. The van der Waals surface area contributed by atoms with Crippen LogP contribution in [0.1, 0.15) is 33.1 Å². The zero-order valence-electron chi connectivity index (χ0n) is 11.9. The molecule has 4 saturated heterocycles. The molecule has 4 unspecified atom stereocenters. The topological polar surface area (TPSA) is 42.0 Å². The summed E-state index contributed by atoms with van der Waals surface area (Å²) in [5.41, 5.74) is 0. The van der Waals surface area contributed by atoms with Crippen molar-refractivity contribution in [3.63, 3.8) is 0 Å². The van der Waals surface area contributed by atoms with Gasteiger partial charge in [-0.05, 0) is 19.8 Å². The maximum absolute atomic E-state index is 12.2. The first-order valence-corrected chi connectivity index (χ1v) is 7.49. The summed E-state index contributed by atoms with van der Waals surface area (Å²) in [5, 5.41) is 0. The Bertz CT molecular complexity index is 332. The number of ether oxygens (including phenoxy) is 2. The van der Waals surface area contributed by atoms with E-state index in [-0.39, 0.29) is 12.2 Å². The Morgan fingerprint density at radius 1 is 1.42 bits per heavy atom. The van der Waals surface area contributed by atoms with E-state index in [1.54, 1.807) is 0 Å². The summed E-state index contributed by atoms with van der Waals surface area (Å²) in [6, 6.07) is 1.34. The van der Waals surface area contributed by atoms with E-state index in [0.717, 1.165) is 25.9 Å². The van der Waals surface area contributed by atoms with Crippen molar-refractivity contribution in [1.82, 2.24) is 9.80 Å². The average molecular weight is 268 g/mol. The molecule has 1 amide bonds. The van der Waals surface area contributed by atoms with Crippen LogP contribution in [-0.4, -0.2) is 66.4 Å². The number of piperazine rings is 1. The largest absolute Gasteiger partial charge is 0.444 e. The van der Waals surface area contributed by atoms with Gasteiger partial charge in [-0.1, -0.05) is 6.92 Å². The molecule has 4 fully saturated rings. The molecule has 108 valence electrons. The molecule has 0 aliphatic carbocycles. The first kappa shape index (κ1) is 13.2. The second kappa shape index (κ2) is 5.29. The van der Waals surface area contributed by atoms with Crippen LogP contribution < -0.4 is 0 Å². The Hall–Kier alpha value is -0.810.